The molecule has 15 rings (SSSR count). The van der Waals surface area contributed by atoms with Crippen molar-refractivity contribution in [2.24, 2.45) is 0 Å². The Hall–Kier alpha value is -8.75. The van der Waals surface area contributed by atoms with Crippen LogP contribution in [-0.4, -0.2) is 199 Å². The third-order valence-corrected chi connectivity index (χ3v) is 18.8. The summed E-state index contributed by atoms with van der Waals surface area (Å²) in [6.07, 6.45) is -0.998. The van der Waals surface area contributed by atoms with E-state index in [0.717, 1.165) is 0 Å². The van der Waals surface area contributed by atoms with E-state index in [9.17, 15) is 13.2 Å². The molecule has 0 radical (unpaired) electrons. The maximum absolute atomic E-state index is 15.1. The summed E-state index contributed by atoms with van der Waals surface area (Å²) >= 11 is 11.7. The molecule has 0 aliphatic carbocycles. The Balaban J connectivity index is 0.000000146. The summed E-state index contributed by atoms with van der Waals surface area (Å²) in [5.74, 6) is -12.6. The van der Waals surface area contributed by atoms with Crippen LogP contribution in [0.25, 0.3) is 32.7 Å². The van der Waals surface area contributed by atoms with Gasteiger partial charge in [0, 0.05) is 73.3 Å². The van der Waals surface area contributed by atoms with E-state index in [-0.39, 0.29) is 144 Å². The molecular formula is C70H69Cl2F9N12O9. The normalized spacial score (nSPS) is 22.4. The van der Waals surface area contributed by atoms with Gasteiger partial charge in [-0.25, -0.2) is 69.4 Å². The van der Waals surface area contributed by atoms with E-state index < -0.39 is 94.3 Å². The van der Waals surface area contributed by atoms with E-state index in [1.54, 1.807) is 33.8 Å². The number of piperidine rings is 3. The predicted molar refractivity (Wildman–Crippen MR) is 363 cm³/mol. The zero-order chi connectivity index (χ0) is 79.1. The second-order valence-corrected chi connectivity index (χ2v) is 25.7. The number of anilines is 6. The molecule has 9 heterocycles. The molecule has 6 fully saturated rings. The molecule has 6 aliphatic rings. The number of aryl methyl sites for hydroxylation is 1. The standard InChI is InChI=1S/C24H25F3N4O3.2C23H22ClF3N4O3/c1-14-4-3-5-17(22(14)25)30-23-16-8-20(19(32-2)9-18(16)28-13-29-23)34-21-6-7-31(12-24(21,26)27)15-10-33-11-15;2*1-32-18-8-17-14(22(29-12-28-17)30-16-4-2-3-15(24)21(16)25)7-19(18)34-20-5-6-31(11-23(20,26)27)13-9-33-10-13/h3-5,8-9,13,15,21H,6-7,10-12H2,1-2H3,(H,28,29,30);2*2-4,7-8,12-13,20H,5-6,9-11H2,1H3,(H,28,29,30)/t21-;20-;/m01./s1/i2D3;2*1D3. The molecular weight excluding hydrogens is 1390 g/mol. The second kappa shape index (κ2) is 30.3. The minimum Gasteiger partial charge on any atom is -0.493 e. The number of halogens is 11. The molecule has 32 heteroatoms. The number of nitrogens with zero attached hydrogens (tertiary/aromatic N) is 9. The highest BCUT2D eigenvalue weighted by molar-refractivity contribution is 6.31. The van der Waals surface area contributed by atoms with E-state index in [4.69, 9.17) is 78.2 Å². The number of methoxy groups -OCH3 is 3. The van der Waals surface area contributed by atoms with Gasteiger partial charge >= 0.3 is 0 Å². The van der Waals surface area contributed by atoms with Crippen LogP contribution in [0.5, 0.6) is 34.5 Å². The van der Waals surface area contributed by atoms with Crippen LogP contribution in [-0.2, 0) is 14.2 Å². The van der Waals surface area contributed by atoms with Crippen LogP contribution < -0.4 is 44.4 Å². The molecule has 0 saturated carbocycles. The highest BCUT2D eigenvalue weighted by Crippen LogP contribution is 2.44. The lowest BCUT2D eigenvalue weighted by Crippen LogP contribution is -2.60. The Bertz CT molecular complexity index is 4410. The van der Waals surface area contributed by atoms with E-state index in [2.05, 4.69) is 45.9 Å². The lowest BCUT2D eigenvalue weighted by atomic mass is 10.0. The molecule has 0 amide bonds. The lowest BCUT2D eigenvalue weighted by molar-refractivity contribution is -0.170. The topological polar surface area (TPSA) is 206 Å². The molecule has 0 bridgehead atoms. The van der Waals surface area contributed by atoms with Crippen molar-refractivity contribution >= 4 is 90.4 Å². The van der Waals surface area contributed by atoms with Crippen LogP contribution in [0, 0.1) is 24.4 Å². The van der Waals surface area contributed by atoms with Crippen molar-refractivity contribution in [2.75, 3.05) is 116 Å². The molecule has 1 unspecified atom stereocenters. The number of hydrogen-bond acceptors (Lipinski definition) is 21. The zero-order valence-corrected chi connectivity index (χ0v) is 55.3. The molecule has 3 aromatic heterocycles. The van der Waals surface area contributed by atoms with Crippen LogP contribution in [0.15, 0.2) is 110 Å². The number of ether oxygens (including phenoxy) is 9. The Morgan fingerprint density at radius 2 is 0.755 bits per heavy atom. The molecule has 102 heavy (non-hydrogen) atoms. The smallest absolute Gasteiger partial charge is 0.296 e. The first-order valence-electron chi connectivity index (χ1n) is 36.5. The molecule has 3 N–H and O–H groups in total. The van der Waals surface area contributed by atoms with Gasteiger partial charge in [0.25, 0.3) is 17.8 Å². The number of aromatic nitrogens is 6. The monoisotopic (exact) mass is 1470 g/mol. The quantitative estimate of drug-likeness (QED) is 0.0683. The van der Waals surface area contributed by atoms with Crippen LogP contribution in [0.1, 0.15) is 37.2 Å². The summed E-state index contributed by atoms with van der Waals surface area (Å²) in [6.45, 7) is 3.65. The third-order valence-electron chi connectivity index (χ3n) is 18.2. The first-order valence-corrected chi connectivity index (χ1v) is 32.7. The highest BCUT2D eigenvalue weighted by atomic mass is 35.5. The number of benzene rings is 6. The first-order chi connectivity index (χ1) is 52.5. The summed E-state index contributed by atoms with van der Waals surface area (Å²) < 4.78 is 250. The fourth-order valence-corrected chi connectivity index (χ4v) is 12.7. The number of hydrogen-bond donors (Lipinski definition) is 3. The van der Waals surface area contributed by atoms with E-state index in [1.807, 2.05) is 0 Å². The van der Waals surface area contributed by atoms with Gasteiger partial charge in [0.1, 0.15) is 42.3 Å². The van der Waals surface area contributed by atoms with Crippen molar-refractivity contribution in [3.05, 3.63) is 143 Å². The molecule has 6 saturated heterocycles. The van der Waals surface area contributed by atoms with E-state index >= 15 is 26.3 Å². The Morgan fingerprint density at radius 3 is 1.05 bits per heavy atom. The molecule has 6 aromatic carbocycles. The Morgan fingerprint density at radius 1 is 0.441 bits per heavy atom. The fourth-order valence-electron chi connectivity index (χ4n) is 12.3. The number of nitrogens with one attached hydrogen (secondary N) is 3. The Kier molecular flexibility index (Phi) is 18.1. The zero-order valence-electron chi connectivity index (χ0n) is 62.8. The van der Waals surface area contributed by atoms with Gasteiger partial charge in [-0.1, -0.05) is 47.5 Å². The fraction of sp³-hybridized carbons (Fsp3) is 0.400. The summed E-state index contributed by atoms with van der Waals surface area (Å²) in [5, 5.41) is 9.16. The number of alkyl halides is 6. The van der Waals surface area contributed by atoms with Crippen LogP contribution in [0.3, 0.4) is 0 Å². The van der Waals surface area contributed by atoms with Crippen molar-refractivity contribution in [3.63, 3.8) is 0 Å². The lowest BCUT2D eigenvalue weighted by Gasteiger charge is -2.44. The highest BCUT2D eigenvalue weighted by Gasteiger charge is 2.52. The molecule has 9 aromatic rings. The second-order valence-electron chi connectivity index (χ2n) is 24.9. The van der Waals surface area contributed by atoms with Gasteiger partial charge in [-0.05, 0) is 61.0 Å². The van der Waals surface area contributed by atoms with Gasteiger partial charge in [-0.15, -0.1) is 0 Å². The molecule has 0 spiro atoms. The van der Waals surface area contributed by atoms with Gasteiger partial charge in [0.05, 0.1) is 155 Å². The summed E-state index contributed by atoms with van der Waals surface area (Å²) in [7, 11) is -8.61. The van der Waals surface area contributed by atoms with Crippen LogP contribution in [0.4, 0.5) is 74.0 Å². The number of likely N-dealkylation sites (tertiary alicyclic amines) is 3. The SMILES string of the molecule is [2H]C([2H])([2H])Oc1cc2ncnc(Nc3cccc(C)c3F)c2cc1O[C@H]1CCN(C2COC2)CC1(F)F.[2H]C([2H])([2H])Oc1cc2ncnc(Nc3cccc(Cl)c3F)c2cc1OC1CCN(C2COC2)CC1(F)F.[2H]C([2H])([2H])Oc1cc2ncnc(Nc3cccc(Cl)c3F)c2cc1O[C@@H]1CCN(C2COC2)CC1(F)F. The number of fused-ring (bicyclic) bond motifs is 3. The van der Waals surface area contributed by atoms with Crippen molar-refractivity contribution in [1.29, 1.82) is 0 Å². The first kappa shape index (κ1) is 60.8. The average molecular weight is 1470 g/mol. The van der Waals surface area contributed by atoms with E-state index in [0.29, 0.717) is 70.2 Å². The predicted octanol–water partition coefficient (Wildman–Crippen LogP) is 13.6. The number of rotatable bonds is 18. The van der Waals surface area contributed by atoms with Gasteiger partial charge < -0.3 is 58.6 Å². The van der Waals surface area contributed by atoms with Gasteiger partial charge in [0.2, 0.25) is 0 Å². The molecule has 540 valence electrons. The van der Waals surface area contributed by atoms with Crippen molar-refractivity contribution < 1.29 is 94.5 Å². The molecule has 21 nitrogen and oxygen atoms in total. The van der Waals surface area contributed by atoms with Crippen molar-refractivity contribution in [2.45, 2.75) is 80.4 Å². The van der Waals surface area contributed by atoms with Gasteiger partial charge in [-0.3, -0.25) is 14.7 Å². The third kappa shape index (κ3) is 15.5. The van der Waals surface area contributed by atoms with Gasteiger partial charge in [-0.2, -0.15) is 0 Å². The van der Waals surface area contributed by atoms with E-state index in [1.165, 1.54) is 97.8 Å². The summed E-state index contributed by atoms with van der Waals surface area (Å²) in [4.78, 5) is 29.8. The van der Waals surface area contributed by atoms with Crippen LogP contribution >= 0.6 is 23.2 Å². The molecule has 6 aliphatic heterocycles. The minimum absolute atomic E-state index is 0.00112. The Labute approximate surface area is 601 Å². The van der Waals surface area contributed by atoms with Crippen molar-refractivity contribution in [1.82, 2.24) is 44.6 Å². The maximum atomic E-state index is 15.1. The molecule has 3 atom stereocenters. The van der Waals surface area contributed by atoms with Crippen molar-refractivity contribution in [3.8, 4) is 34.5 Å². The van der Waals surface area contributed by atoms with Gasteiger partial charge in [0.15, 0.2) is 64.4 Å². The summed E-state index contributed by atoms with van der Waals surface area (Å²) in [5.41, 5.74) is 1.32. The largest absolute Gasteiger partial charge is 0.493 e. The average Bonchev–Trinajstić information content (AvgIpc) is 0.782. The minimum atomic E-state index is -3.22. The van der Waals surface area contributed by atoms with Crippen LogP contribution in [0.2, 0.25) is 10.0 Å². The maximum Gasteiger partial charge on any atom is 0.296 e. The summed E-state index contributed by atoms with van der Waals surface area (Å²) in [6, 6.07) is 21.2.